The van der Waals surface area contributed by atoms with Crippen LogP contribution in [0.15, 0.2) is 78.6 Å². The summed E-state index contributed by atoms with van der Waals surface area (Å²) in [7, 11) is 0. The Labute approximate surface area is 185 Å². The van der Waals surface area contributed by atoms with Gasteiger partial charge in [-0.2, -0.15) is 0 Å². The molecule has 1 aliphatic rings. The molecule has 0 aliphatic carbocycles. The highest BCUT2D eigenvalue weighted by Gasteiger charge is 2.23. The standard InChI is InChI=1S/C25H21ClN2O3/c1-16(18-7-3-2-4-8-18)15-27-24(29)19-10-11-22-21(14-19)28-25(30)23(31-22)13-17-6-5-9-20(26)12-17/h2-14,16H,15H2,1H3,(H,27,29)(H,28,30)/b23-13-/t16-/m0/s1. The van der Waals surface area contributed by atoms with Gasteiger partial charge in [-0.15, -0.1) is 0 Å². The fraction of sp³-hybridized carbons (Fsp3) is 0.120. The van der Waals surface area contributed by atoms with Gasteiger partial charge in [0.1, 0.15) is 0 Å². The molecule has 0 fully saturated rings. The van der Waals surface area contributed by atoms with Crippen molar-refractivity contribution in [1.82, 2.24) is 5.32 Å². The summed E-state index contributed by atoms with van der Waals surface area (Å²) in [6.07, 6.45) is 1.62. The zero-order valence-corrected chi connectivity index (χ0v) is 17.6. The average Bonchev–Trinajstić information content (AvgIpc) is 2.78. The summed E-state index contributed by atoms with van der Waals surface area (Å²) in [6, 6.07) is 22.1. The molecule has 1 heterocycles. The second-order valence-electron chi connectivity index (χ2n) is 7.35. The predicted octanol–water partition coefficient (Wildman–Crippen LogP) is 5.25. The lowest BCUT2D eigenvalue weighted by atomic mass is 10.0. The van der Waals surface area contributed by atoms with E-state index in [0.29, 0.717) is 28.6 Å². The van der Waals surface area contributed by atoms with Crippen LogP contribution in [-0.2, 0) is 4.79 Å². The van der Waals surface area contributed by atoms with Crippen molar-refractivity contribution in [3.05, 3.63) is 100 Å². The number of hydrogen-bond acceptors (Lipinski definition) is 3. The van der Waals surface area contributed by atoms with E-state index in [4.69, 9.17) is 16.3 Å². The van der Waals surface area contributed by atoms with Crippen LogP contribution in [0, 0.1) is 0 Å². The maximum absolute atomic E-state index is 12.6. The Kier molecular flexibility index (Phi) is 6.05. The number of fused-ring (bicyclic) bond motifs is 1. The van der Waals surface area contributed by atoms with E-state index in [2.05, 4.69) is 17.6 Å². The second-order valence-corrected chi connectivity index (χ2v) is 7.79. The van der Waals surface area contributed by atoms with Crippen molar-refractivity contribution in [2.75, 3.05) is 11.9 Å². The molecule has 1 atom stereocenters. The molecule has 156 valence electrons. The molecule has 0 saturated carbocycles. The van der Waals surface area contributed by atoms with Crippen LogP contribution in [0.3, 0.4) is 0 Å². The fourth-order valence-electron chi connectivity index (χ4n) is 3.30. The zero-order valence-electron chi connectivity index (χ0n) is 16.9. The second kappa shape index (κ2) is 9.06. The first-order chi connectivity index (χ1) is 15.0. The molecule has 0 aromatic heterocycles. The molecule has 0 radical (unpaired) electrons. The van der Waals surface area contributed by atoms with Crippen LogP contribution in [0.25, 0.3) is 6.08 Å². The SMILES string of the molecule is C[C@@H](CNC(=O)c1ccc2c(c1)NC(=O)/C(=C/c1cccc(Cl)c1)O2)c1ccccc1. The third-order valence-corrected chi connectivity index (χ3v) is 5.25. The van der Waals surface area contributed by atoms with Crippen LogP contribution < -0.4 is 15.4 Å². The minimum atomic E-state index is -0.386. The molecule has 2 amide bonds. The van der Waals surface area contributed by atoms with Crippen LogP contribution in [0.4, 0.5) is 5.69 Å². The highest BCUT2D eigenvalue weighted by Crippen LogP contribution is 2.32. The molecule has 5 nitrogen and oxygen atoms in total. The van der Waals surface area contributed by atoms with E-state index in [1.54, 1.807) is 42.5 Å². The summed E-state index contributed by atoms with van der Waals surface area (Å²) >= 11 is 6.00. The minimum absolute atomic E-state index is 0.156. The maximum Gasteiger partial charge on any atom is 0.291 e. The molecule has 6 heteroatoms. The topological polar surface area (TPSA) is 67.4 Å². The lowest BCUT2D eigenvalue weighted by molar-refractivity contribution is -0.115. The van der Waals surface area contributed by atoms with Crippen molar-refractivity contribution in [2.45, 2.75) is 12.8 Å². The van der Waals surface area contributed by atoms with E-state index >= 15 is 0 Å². The van der Waals surface area contributed by atoms with Crippen LogP contribution in [0.1, 0.15) is 34.3 Å². The van der Waals surface area contributed by atoms with E-state index in [9.17, 15) is 9.59 Å². The summed E-state index contributed by atoms with van der Waals surface area (Å²) in [5.74, 6) is 0.221. The van der Waals surface area contributed by atoms with Gasteiger partial charge in [-0.05, 0) is 53.5 Å². The number of halogens is 1. The molecule has 3 aromatic rings. The fourth-order valence-corrected chi connectivity index (χ4v) is 3.50. The number of nitrogens with one attached hydrogen (secondary N) is 2. The van der Waals surface area contributed by atoms with E-state index in [0.717, 1.165) is 11.1 Å². The van der Waals surface area contributed by atoms with Crippen molar-refractivity contribution < 1.29 is 14.3 Å². The van der Waals surface area contributed by atoms with Crippen LogP contribution in [0.2, 0.25) is 5.02 Å². The summed E-state index contributed by atoms with van der Waals surface area (Å²) < 4.78 is 5.75. The van der Waals surface area contributed by atoms with Gasteiger partial charge in [0.05, 0.1) is 5.69 Å². The molecule has 2 N–H and O–H groups in total. The normalized spacial score (nSPS) is 14.9. The summed E-state index contributed by atoms with van der Waals surface area (Å²) in [6.45, 7) is 2.57. The van der Waals surface area contributed by atoms with Gasteiger partial charge in [-0.25, -0.2) is 0 Å². The highest BCUT2D eigenvalue weighted by molar-refractivity contribution is 6.30. The Hall–Kier alpha value is -3.57. The van der Waals surface area contributed by atoms with Gasteiger partial charge in [0, 0.05) is 17.1 Å². The summed E-state index contributed by atoms with van der Waals surface area (Å²) in [5.41, 5.74) is 2.82. The third-order valence-electron chi connectivity index (χ3n) is 5.02. The number of anilines is 1. The number of hydrogen-bond donors (Lipinski definition) is 2. The Morgan fingerprint density at radius 2 is 1.90 bits per heavy atom. The van der Waals surface area contributed by atoms with Gasteiger partial charge in [0.15, 0.2) is 11.5 Å². The number of benzene rings is 3. The number of rotatable bonds is 5. The van der Waals surface area contributed by atoms with E-state index in [-0.39, 0.29) is 23.5 Å². The smallest absolute Gasteiger partial charge is 0.291 e. The van der Waals surface area contributed by atoms with Gasteiger partial charge in [-0.1, -0.05) is 61.0 Å². The Bertz CT molecular complexity index is 1160. The van der Waals surface area contributed by atoms with Crippen molar-refractivity contribution in [3.8, 4) is 5.75 Å². The van der Waals surface area contributed by atoms with Crippen LogP contribution in [-0.4, -0.2) is 18.4 Å². The van der Waals surface area contributed by atoms with Gasteiger partial charge in [-0.3, -0.25) is 9.59 Å². The molecule has 0 saturated heterocycles. The van der Waals surface area contributed by atoms with Gasteiger partial charge >= 0.3 is 0 Å². The van der Waals surface area contributed by atoms with Crippen LogP contribution in [0.5, 0.6) is 5.75 Å². The number of ether oxygens (including phenoxy) is 1. The third kappa shape index (κ3) is 4.95. The van der Waals surface area contributed by atoms with E-state index in [1.807, 2.05) is 36.4 Å². The Morgan fingerprint density at radius 1 is 1.10 bits per heavy atom. The molecular formula is C25H21ClN2O3. The monoisotopic (exact) mass is 432 g/mol. The van der Waals surface area contributed by atoms with Gasteiger partial charge in [0.25, 0.3) is 11.8 Å². The molecule has 4 rings (SSSR count). The maximum atomic E-state index is 12.6. The number of carbonyl (C=O) groups is 2. The summed E-state index contributed by atoms with van der Waals surface area (Å²) in [4.78, 5) is 25.1. The molecular weight excluding hydrogens is 412 g/mol. The zero-order chi connectivity index (χ0) is 21.8. The lowest BCUT2D eigenvalue weighted by Crippen LogP contribution is -2.28. The minimum Gasteiger partial charge on any atom is -0.449 e. The average molecular weight is 433 g/mol. The highest BCUT2D eigenvalue weighted by atomic mass is 35.5. The molecule has 1 aliphatic heterocycles. The van der Waals surface area contributed by atoms with Crippen molar-refractivity contribution >= 4 is 35.2 Å². The first kappa shape index (κ1) is 20.7. The Morgan fingerprint density at radius 3 is 2.68 bits per heavy atom. The van der Waals surface area contributed by atoms with E-state index < -0.39 is 0 Å². The van der Waals surface area contributed by atoms with Gasteiger partial charge < -0.3 is 15.4 Å². The van der Waals surface area contributed by atoms with Gasteiger partial charge in [0.2, 0.25) is 0 Å². The molecule has 3 aromatic carbocycles. The molecule has 0 spiro atoms. The Balaban J connectivity index is 1.45. The van der Waals surface area contributed by atoms with Crippen molar-refractivity contribution in [2.24, 2.45) is 0 Å². The first-order valence-corrected chi connectivity index (χ1v) is 10.3. The predicted molar refractivity (Wildman–Crippen MR) is 122 cm³/mol. The molecule has 31 heavy (non-hydrogen) atoms. The first-order valence-electron chi connectivity index (χ1n) is 9.93. The largest absolute Gasteiger partial charge is 0.449 e. The number of carbonyl (C=O) groups excluding carboxylic acids is 2. The quantitative estimate of drug-likeness (QED) is 0.541. The van der Waals surface area contributed by atoms with Crippen molar-refractivity contribution in [1.29, 1.82) is 0 Å². The number of amides is 2. The van der Waals surface area contributed by atoms with Crippen LogP contribution >= 0.6 is 11.6 Å². The van der Waals surface area contributed by atoms with E-state index in [1.165, 1.54) is 0 Å². The lowest BCUT2D eigenvalue weighted by Gasteiger charge is -2.21. The van der Waals surface area contributed by atoms with Crippen molar-refractivity contribution in [3.63, 3.8) is 0 Å². The summed E-state index contributed by atoms with van der Waals surface area (Å²) in [5, 5.41) is 6.30. The molecule has 0 bridgehead atoms. The molecule has 0 unspecified atom stereocenters.